The van der Waals surface area contributed by atoms with Gasteiger partial charge < -0.3 is 4.74 Å². The number of ketones is 1. The van der Waals surface area contributed by atoms with Crippen LogP contribution in [0.25, 0.3) is 21.8 Å². The summed E-state index contributed by atoms with van der Waals surface area (Å²) in [4.78, 5) is 29.9. The van der Waals surface area contributed by atoms with Crippen molar-refractivity contribution in [1.82, 2.24) is 4.98 Å². The lowest BCUT2D eigenvalue weighted by Gasteiger charge is -2.28. The van der Waals surface area contributed by atoms with Crippen molar-refractivity contribution < 1.29 is 14.3 Å². The van der Waals surface area contributed by atoms with E-state index in [2.05, 4.69) is 0 Å². The van der Waals surface area contributed by atoms with E-state index in [1.54, 1.807) is 11.3 Å². The Morgan fingerprint density at radius 3 is 2.77 bits per heavy atom. The molecule has 0 spiro atoms. The second kappa shape index (κ2) is 6.72. The first-order valence-corrected chi connectivity index (χ1v) is 9.08. The van der Waals surface area contributed by atoms with Crippen LogP contribution in [0.5, 0.6) is 5.75 Å². The molecule has 0 atom stereocenters. The number of thiazole rings is 1. The normalized spacial score (nSPS) is 13.3. The molecule has 2 aromatic carbocycles. The third-order valence-electron chi connectivity index (χ3n) is 4.10. The quantitative estimate of drug-likeness (QED) is 0.707. The van der Waals surface area contributed by atoms with Crippen LogP contribution >= 0.6 is 11.3 Å². The minimum Gasteiger partial charge on any atom is -0.482 e. The molecule has 0 aliphatic carbocycles. The molecule has 1 amide bonds. The van der Waals surface area contributed by atoms with E-state index in [1.165, 1.54) is 11.8 Å². The van der Waals surface area contributed by atoms with Crippen LogP contribution in [0.2, 0.25) is 0 Å². The van der Waals surface area contributed by atoms with Gasteiger partial charge in [0.05, 0.1) is 17.9 Å². The van der Waals surface area contributed by atoms with Crippen LogP contribution in [0.4, 0.5) is 5.69 Å². The lowest BCUT2D eigenvalue weighted by Crippen LogP contribution is -2.41. The molecular formula is C20H16N2O3S. The number of nitrogens with zero attached hydrogens (tertiary/aromatic N) is 2. The first kappa shape index (κ1) is 16.5. The van der Waals surface area contributed by atoms with Gasteiger partial charge >= 0.3 is 0 Å². The number of Topliss-reactive ketones (excluding diaryl/α,β-unsaturated/α-hetero) is 1. The third kappa shape index (κ3) is 3.11. The van der Waals surface area contributed by atoms with Gasteiger partial charge in [-0.05, 0) is 25.1 Å². The molecule has 0 radical (unpaired) electrons. The Labute approximate surface area is 154 Å². The largest absolute Gasteiger partial charge is 0.482 e. The predicted molar refractivity (Wildman–Crippen MR) is 102 cm³/mol. The molecule has 3 aromatic rings. The van der Waals surface area contributed by atoms with Crippen molar-refractivity contribution in [2.24, 2.45) is 0 Å². The molecule has 0 saturated heterocycles. The van der Waals surface area contributed by atoms with E-state index >= 15 is 0 Å². The van der Waals surface area contributed by atoms with E-state index in [-0.39, 0.29) is 24.8 Å². The van der Waals surface area contributed by atoms with Gasteiger partial charge in [0, 0.05) is 16.5 Å². The van der Waals surface area contributed by atoms with Crippen LogP contribution < -0.4 is 9.64 Å². The van der Waals surface area contributed by atoms with Crippen molar-refractivity contribution in [1.29, 1.82) is 0 Å². The standard InChI is InChI=1S/C20H16N2O3S/c1-13(23)10-22-17-9-15(7-8-18(17)25-11-19(22)24)16-12-26-20(21-16)14-5-3-2-4-6-14/h2-9,12H,10-11H2,1H3. The van der Waals surface area contributed by atoms with Crippen LogP contribution in [0.15, 0.2) is 53.9 Å². The van der Waals surface area contributed by atoms with Crippen molar-refractivity contribution in [3.63, 3.8) is 0 Å². The number of aromatic nitrogens is 1. The van der Waals surface area contributed by atoms with Gasteiger partial charge in [0.25, 0.3) is 5.91 Å². The molecule has 5 nitrogen and oxygen atoms in total. The third-order valence-corrected chi connectivity index (χ3v) is 4.99. The molecule has 0 unspecified atom stereocenters. The number of rotatable bonds is 4. The molecule has 4 rings (SSSR count). The Hall–Kier alpha value is -2.99. The number of fused-ring (bicyclic) bond motifs is 1. The van der Waals surface area contributed by atoms with E-state index in [4.69, 9.17) is 9.72 Å². The Morgan fingerprint density at radius 1 is 1.19 bits per heavy atom. The zero-order valence-electron chi connectivity index (χ0n) is 14.1. The average Bonchev–Trinajstić information content (AvgIpc) is 3.14. The molecular weight excluding hydrogens is 348 g/mol. The van der Waals surface area contributed by atoms with E-state index in [1.807, 2.05) is 53.9 Å². The van der Waals surface area contributed by atoms with Crippen molar-refractivity contribution in [2.75, 3.05) is 18.1 Å². The van der Waals surface area contributed by atoms with E-state index in [9.17, 15) is 9.59 Å². The molecule has 0 N–H and O–H groups in total. The fourth-order valence-electron chi connectivity index (χ4n) is 2.88. The topological polar surface area (TPSA) is 59.5 Å². The maximum Gasteiger partial charge on any atom is 0.265 e. The molecule has 0 fully saturated rings. The summed E-state index contributed by atoms with van der Waals surface area (Å²) < 4.78 is 5.49. The Kier molecular flexibility index (Phi) is 4.26. The molecule has 1 aliphatic heterocycles. The summed E-state index contributed by atoms with van der Waals surface area (Å²) in [5.41, 5.74) is 3.40. The monoisotopic (exact) mass is 364 g/mol. The molecule has 2 heterocycles. The van der Waals surface area contributed by atoms with E-state index in [0.717, 1.165) is 21.8 Å². The van der Waals surface area contributed by atoms with Crippen LogP contribution in [0, 0.1) is 0 Å². The minimum atomic E-state index is -0.215. The highest BCUT2D eigenvalue weighted by atomic mass is 32.1. The van der Waals surface area contributed by atoms with Gasteiger partial charge in [0.2, 0.25) is 0 Å². The van der Waals surface area contributed by atoms with Gasteiger partial charge in [0.15, 0.2) is 6.61 Å². The van der Waals surface area contributed by atoms with Crippen molar-refractivity contribution in [2.45, 2.75) is 6.92 Å². The summed E-state index contributed by atoms with van der Waals surface area (Å²) >= 11 is 1.57. The lowest BCUT2D eigenvalue weighted by atomic mass is 10.1. The summed E-state index contributed by atoms with van der Waals surface area (Å²) in [5, 5.41) is 2.93. The summed E-state index contributed by atoms with van der Waals surface area (Å²) in [5.74, 6) is 0.317. The van der Waals surface area contributed by atoms with Gasteiger partial charge in [-0.2, -0.15) is 0 Å². The van der Waals surface area contributed by atoms with Gasteiger partial charge in [-0.1, -0.05) is 30.3 Å². The van der Waals surface area contributed by atoms with Crippen molar-refractivity contribution in [3.05, 3.63) is 53.9 Å². The highest BCUT2D eigenvalue weighted by molar-refractivity contribution is 7.13. The maximum absolute atomic E-state index is 12.2. The molecule has 0 bridgehead atoms. The Balaban J connectivity index is 1.71. The van der Waals surface area contributed by atoms with Crippen molar-refractivity contribution >= 4 is 28.7 Å². The van der Waals surface area contributed by atoms with Crippen molar-refractivity contribution in [3.8, 4) is 27.6 Å². The molecule has 1 aromatic heterocycles. The zero-order valence-corrected chi connectivity index (χ0v) is 15.0. The minimum absolute atomic E-state index is 0.0466. The fourth-order valence-corrected chi connectivity index (χ4v) is 3.71. The number of hydrogen-bond acceptors (Lipinski definition) is 5. The summed E-state index contributed by atoms with van der Waals surface area (Å²) in [6.07, 6.45) is 0. The average molecular weight is 364 g/mol. The fraction of sp³-hybridized carbons (Fsp3) is 0.150. The second-order valence-electron chi connectivity index (χ2n) is 6.06. The number of carbonyl (C=O) groups is 2. The number of hydrogen-bond donors (Lipinski definition) is 0. The number of amides is 1. The first-order valence-electron chi connectivity index (χ1n) is 8.20. The lowest BCUT2D eigenvalue weighted by molar-refractivity contribution is -0.123. The van der Waals surface area contributed by atoms with Crippen LogP contribution in [-0.4, -0.2) is 29.8 Å². The summed E-state index contributed by atoms with van der Waals surface area (Å²) in [6.45, 7) is 1.47. The molecule has 1 aliphatic rings. The summed E-state index contributed by atoms with van der Waals surface area (Å²) in [6, 6.07) is 15.6. The van der Waals surface area contributed by atoms with Crippen LogP contribution in [0.3, 0.4) is 0 Å². The Morgan fingerprint density at radius 2 is 2.00 bits per heavy atom. The van der Waals surface area contributed by atoms with E-state index in [0.29, 0.717) is 11.4 Å². The highest BCUT2D eigenvalue weighted by Crippen LogP contribution is 2.37. The maximum atomic E-state index is 12.2. The number of anilines is 1. The smallest absolute Gasteiger partial charge is 0.265 e. The van der Waals surface area contributed by atoms with E-state index < -0.39 is 0 Å². The SMILES string of the molecule is CC(=O)CN1C(=O)COc2ccc(-c3csc(-c4ccccc4)n3)cc21. The van der Waals surface area contributed by atoms with Gasteiger partial charge in [-0.25, -0.2) is 4.98 Å². The Bertz CT molecular complexity index is 982. The van der Waals surface area contributed by atoms with Gasteiger partial charge in [0.1, 0.15) is 16.5 Å². The predicted octanol–water partition coefficient (Wildman–Crippen LogP) is 3.79. The molecule has 26 heavy (non-hydrogen) atoms. The number of carbonyl (C=O) groups excluding carboxylic acids is 2. The van der Waals surface area contributed by atoms with Crippen LogP contribution in [0.1, 0.15) is 6.92 Å². The second-order valence-corrected chi connectivity index (χ2v) is 6.92. The highest BCUT2D eigenvalue weighted by Gasteiger charge is 2.27. The molecule has 130 valence electrons. The summed E-state index contributed by atoms with van der Waals surface area (Å²) in [7, 11) is 0. The molecule has 6 heteroatoms. The first-order chi connectivity index (χ1) is 12.6. The number of benzene rings is 2. The van der Waals surface area contributed by atoms with Gasteiger partial charge in [-0.3, -0.25) is 14.5 Å². The molecule has 0 saturated carbocycles. The van der Waals surface area contributed by atoms with Gasteiger partial charge in [-0.15, -0.1) is 11.3 Å². The number of ether oxygens (including phenoxy) is 1. The van der Waals surface area contributed by atoms with Crippen LogP contribution in [-0.2, 0) is 9.59 Å². The zero-order chi connectivity index (χ0) is 18.1.